The first-order valence-corrected chi connectivity index (χ1v) is 12.4. The standard InChI is InChI=1S/C24H28N6O2S/c1-16-14-20(17(2)30(16)27-22(32)18-8-4-3-5-9-18)21(31)15-33-24-26-25-23(28-12-6-7-13-28)29(24)19-10-11-19/h3-5,8-9,14,19H,6-7,10-13,15H2,1-2H3,(H,27,32). The zero-order valence-electron chi connectivity index (χ0n) is 19.0. The van der Waals surface area contributed by atoms with Gasteiger partial charge in [0.1, 0.15) is 0 Å². The van der Waals surface area contributed by atoms with E-state index in [1.807, 2.05) is 38.1 Å². The number of nitrogens with one attached hydrogen (secondary N) is 1. The van der Waals surface area contributed by atoms with E-state index in [9.17, 15) is 9.59 Å². The summed E-state index contributed by atoms with van der Waals surface area (Å²) in [6, 6.07) is 11.3. The van der Waals surface area contributed by atoms with Gasteiger partial charge in [-0.3, -0.25) is 24.3 Å². The lowest BCUT2D eigenvalue weighted by Gasteiger charge is -2.17. The molecule has 1 N–H and O–H groups in total. The van der Waals surface area contributed by atoms with Gasteiger partial charge in [0.25, 0.3) is 5.91 Å². The lowest BCUT2D eigenvalue weighted by Crippen LogP contribution is -2.25. The zero-order valence-corrected chi connectivity index (χ0v) is 19.8. The smallest absolute Gasteiger partial charge is 0.270 e. The molecule has 8 nitrogen and oxygen atoms in total. The average molecular weight is 465 g/mol. The Bertz CT molecular complexity index is 1180. The van der Waals surface area contributed by atoms with Crippen LogP contribution in [0.5, 0.6) is 0 Å². The van der Waals surface area contributed by atoms with Crippen LogP contribution in [-0.4, -0.2) is 50.0 Å². The van der Waals surface area contributed by atoms with Crippen molar-refractivity contribution < 1.29 is 9.59 Å². The van der Waals surface area contributed by atoms with Crippen molar-refractivity contribution in [3.8, 4) is 0 Å². The molecule has 0 atom stereocenters. The highest BCUT2D eigenvalue weighted by atomic mass is 32.2. The van der Waals surface area contributed by atoms with Crippen LogP contribution in [-0.2, 0) is 0 Å². The van der Waals surface area contributed by atoms with E-state index in [4.69, 9.17) is 0 Å². The number of benzene rings is 1. The summed E-state index contributed by atoms with van der Waals surface area (Å²) in [5.41, 5.74) is 5.62. The molecular formula is C24H28N6O2S. The Morgan fingerprint density at radius 1 is 1.09 bits per heavy atom. The number of ketones is 1. The van der Waals surface area contributed by atoms with E-state index in [0.717, 1.165) is 48.4 Å². The zero-order chi connectivity index (χ0) is 22.9. The maximum atomic E-state index is 13.1. The lowest BCUT2D eigenvalue weighted by molar-refractivity contribution is 0.0999. The van der Waals surface area contributed by atoms with Gasteiger partial charge >= 0.3 is 0 Å². The fraction of sp³-hybridized carbons (Fsp3) is 0.417. The lowest BCUT2D eigenvalue weighted by atomic mass is 10.2. The van der Waals surface area contributed by atoms with Crippen LogP contribution in [0.4, 0.5) is 5.95 Å². The molecular weight excluding hydrogens is 436 g/mol. The summed E-state index contributed by atoms with van der Waals surface area (Å²) in [6.07, 6.45) is 4.66. The highest BCUT2D eigenvalue weighted by molar-refractivity contribution is 7.99. The van der Waals surface area contributed by atoms with Gasteiger partial charge in [-0.2, -0.15) is 0 Å². The molecule has 0 bridgehead atoms. The van der Waals surface area contributed by atoms with Crippen LogP contribution >= 0.6 is 11.8 Å². The van der Waals surface area contributed by atoms with Crippen molar-refractivity contribution >= 4 is 29.4 Å². The Morgan fingerprint density at radius 2 is 1.82 bits per heavy atom. The van der Waals surface area contributed by atoms with Gasteiger partial charge in [-0.1, -0.05) is 30.0 Å². The van der Waals surface area contributed by atoms with Crippen LogP contribution < -0.4 is 10.3 Å². The van der Waals surface area contributed by atoms with Crippen molar-refractivity contribution in [1.29, 1.82) is 0 Å². The number of rotatable bonds is 8. The van der Waals surface area contributed by atoms with E-state index in [1.165, 1.54) is 24.6 Å². The molecule has 1 amide bonds. The number of anilines is 1. The van der Waals surface area contributed by atoms with Gasteiger partial charge in [0.05, 0.1) is 5.75 Å². The highest BCUT2D eigenvalue weighted by Crippen LogP contribution is 2.41. The second-order valence-corrected chi connectivity index (χ2v) is 9.66. The monoisotopic (exact) mass is 464 g/mol. The predicted molar refractivity (Wildman–Crippen MR) is 129 cm³/mol. The number of aryl methyl sites for hydroxylation is 1. The Hall–Kier alpha value is -3.07. The largest absolute Gasteiger partial charge is 0.341 e. The Labute approximate surface area is 197 Å². The summed E-state index contributed by atoms with van der Waals surface area (Å²) >= 11 is 1.45. The summed E-state index contributed by atoms with van der Waals surface area (Å²) < 4.78 is 3.91. The average Bonchev–Trinajstić information content (AvgIpc) is 3.23. The fourth-order valence-electron chi connectivity index (χ4n) is 4.33. The van der Waals surface area contributed by atoms with Crippen LogP contribution in [0.1, 0.15) is 63.8 Å². The summed E-state index contributed by atoms with van der Waals surface area (Å²) in [5, 5.41) is 9.71. The molecule has 1 saturated carbocycles. The van der Waals surface area contributed by atoms with Crippen LogP contribution in [0.2, 0.25) is 0 Å². The first-order valence-electron chi connectivity index (χ1n) is 11.4. The van der Waals surface area contributed by atoms with Gasteiger partial charge < -0.3 is 4.90 Å². The first kappa shape index (κ1) is 21.8. The second kappa shape index (κ2) is 9.05. The van der Waals surface area contributed by atoms with Gasteiger partial charge in [0, 0.05) is 41.6 Å². The van der Waals surface area contributed by atoms with E-state index in [1.54, 1.807) is 16.8 Å². The SMILES string of the molecule is Cc1cc(C(=O)CSc2nnc(N3CCCC3)n2C2CC2)c(C)n1NC(=O)c1ccccc1. The number of hydrogen-bond donors (Lipinski definition) is 1. The van der Waals surface area contributed by atoms with Crippen molar-refractivity contribution in [2.24, 2.45) is 0 Å². The van der Waals surface area contributed by atoms with Gasteiger partial charge in [-0.15, -0.1) is 10.2 Å². The number of carbonyl (C=O) groups is 2. The fourth-order valence-corrected chi connectivity index (χ4v) is 5.22. The van der Waals surface area contributed by atoms with Crippen LogP contribution in [0, 0.1) is 13.8 Å². The van der Waals surface area contributed by atoms with Gasteiger partial charge in [-0.05, 0) is 57.7 Å². The van der Waals surface area contributed by atoms with Crippen molar-refractivity contribution in [3.63, 3.8) is 0 Å². The normalized spacial score (nSPS) is 15.8. The van der Waals surface area contributed by atoms with Crippen LogP contribution in [0.3, 0.4) is 0 Å². The van der Waals surface area contributed by atoms with E-state index in [2.05, 4.69) is 25.1 Å². The molecule has 0 radical (unpaired) electrons. The Kier molecular flexibility index (Phi) is 5.97. The molecule has 172 valence electrons. The molecule has 1 saturated heterocycles. The van der Waals surface area contributed by atoms with E-state index < -0.39 is 0 Å². The summed E-state index contributed by atoms with van der Waals surface area (Å²) in [4.78, 5) is 28.0. The van der Waals surface area contributed by atoms with Crippen molar-refractivity contribution in [3.05, 3.63) is 58.9 Å². The molecule has 1 aromatic carbocycles. The number of hydrogen-bond acceptors (Lipinski definition) is 6. The van der Waals surface area contributed by atoms with Crippen molar-refractivity contribution in [2.45, 2.75) is 50.7 Å². The molecule has 1 aliphatic heterocycles. The Morgan fingerprint density at radius 3 is 2.52 bits per heavy atom. The third kappa shape index (κ3) is 4.42. The molecule has 3 heterocycles. The molecule has 0 unspecified atom stereocenters. The maximum Gasteiger partial charge on any atom is 0.270 e. The summed E-state index contributed by atoms with van der Waals surface area (Å²) in [6.45, 7) is 5.78. The second-order valence-electron chi connectivity index (χ2n) is 8.72. The minimum Gasteiger partial charge on any atom is -0.341 e. The van der Waals surface area contributed by atoms with Gasteiger partial charge in [-0.25, -0.2) is 0 Å². The summed E-state index contributed by atoms with van der Waals surface area (Å²) in [5.74, 6) is 1.03. The van der Waals surface area contributed by atoms with Crippen molar-refractivity contribution in [1.82, 2.24) is 19.4 Å². The predicted octanol–water partition coefficient (Wildman–Crippen LogP) is 3.99. The van der Waals surface area contributed by atoms with Crippen LogP contribution in [0.15, 0.2) is 41.6 Å². The minimum atomic E-state index is -0.210. The molecule has 2 aliphatic rings. The number of aromatic nitrogens is 4. The molecule has 1 aliphatic carbocycles. The van der Waals surface area contributed by atoms with Crippen LogP contribution in [0.25, 0.3) is 0 Å². The molecule has 3 aromatic rings. The molecule has 5 rings (SSSR count). The van der Waals surface area contributed by atoms with Gasteiger partial charge in [0.2, 0.25) is 5.95 Å². The third-order valence-electron chi connectivity index (χ3n) is 6.26. The number of Topliss-reactive ketones (excluding diaryl/α,β-unsaturated/α-hetero) is 1. The number of carbonyl (C=O) groups excluding carboxylic acids is 2. The third-order valence-corrected chi connectivity index (χ3v) is 7.20. The highest BCUT2D eigenvalue weighted by Gasteiger charge is 2.32. The molecule has 2 fully saturated rings. The first-order chi connectivity index (χ1) is 16.0. The van der Waals surface area contributed by atoms with E-state index in [-0.39, 0.29) is 17.4 Å². The van der Waals surface area contributed by atoms with E-state index >= 15 is 0 Å². The quantitative estimate of drug-likeness (QED) is 0.401. The molecule has 9 heteroatoms. The van der Waals surface area contributed by atoms with Gasteiger partial charge in [0.15, 0.2) is 10.9 Å². The number of nitrogens with zero attached hydrogens (tertiary/aromatic N) is 5. The Balaban J connectivity index is 1.29. The number of thioether (sulfide) groups is 1. The molecule has 0 spiro atoms. The minimum absolute atomic E-state index is 0.0152. The molecule has 2 aromatic heterocycles. The van der Waals surface area contributed by atoms with Crippen molar-refractivity contribution in [2.75, 3.05) is 29.2 Å². The topological polar surface area (TPSA) is 85.1 Å². The summed E-state index contributed by atoms with van der Waals surface area (Å²) in [7, 11) is 0. The maximum absolute atomic E-state index is 13.1. The van der Waals surface area contributed by atoms with E-state index in [0.29, 0.717) is 17.2 Å². The number of amides is 1. The molecule has 33 heavy (non-hydrogen) atoms.